The van der Waals surface area contributed by atoms with Crippen LogP contribution in [0.25, 0.3) is 11.1 Å². The van der Waals surface area contributed by atoms with Crippen LogP contribution in [0.4, 0.5) is 22.0 Å². The third kappa shape index (κ3) is 4.96. The van der Waals surface area contributed by atoms with E-state index in [0.717, 1.165) is 37.0 Å². The van der Waals surface area contributed by atoms with Crippen LogP contribution in [0.15, 0.2) is 61.2 Å². The van der Waals surface area contributed by atoms with E-state index in [1.807, 2.05) is 30.3 Å². The minimum atomic E-state index is -1.70. The Hall–Kier alpha value is -3.39. The molecule has 0 atom stereocenters. The van der Waals surface area contributed by atoms with E-state index < -0.39 is 40.2 Å². The normalized spacial score (nSPS) is 10.4. The number of benzene rings is 3. The van der Waals surface area contributed by atoms with Crippen molar-refractivity contribution >= 4 is 0 Å². The second kappa shape index (κ2) is 9.41. The molecule has 0 aliphatic rings. The van der Waals surface area contributed by atoms with Crippen molar-refractivity contribution in [2.75, 3.05) is 0 Å². The van der Waals surface area contributed by atoms with Crippen LogP contribution < -0.4 is 0 Å². The first-order valence-corrected chi connectivity index (χ1v) is 9.25. The first kappa shape index (κ1) is 21.3. The third-order valence-corrected chi connectivity index (χ3v) is 4.49. The molecule has 30 heavy (non-hydrogen) atoms. The molecular weight excluding hydrogens is 395 g/mol. The summed E-state index contributed by atoms with van der Waals surface area (Å²) in [4.78, 5) is 0. The fourth-order valence-corrected chi connectivity index (χ4v) is 2.97. The highest BCUT2D eigenvalue weighted by Gasteiger charge is 2.18. The molecule has 0 saturated heterocycles. The molecule has 0 unspecified atom stereocenters. The van der Waals surface area contributed by atoms with Crippen molar-refractivity contribution in [2.24, 2.45) is 0 Å². The van der Waals surface area contributed by atoms with Gasteiger partial charge < -0.3 is 0 Å². The molecule has 0 nitrogen and oxygen atoms in total. The van der Waals surface area contributed by atoms with Gasteiger partial charge >= 0.3 is 0 Å². The summed E-state index contributed by atoms with van der Waals surface area (Å²) < 4.78 is 68.8. The van der Waals surface area contributed by atoms with Crippen molar-refractivity contribution in [3.63, 3.8) is 0 Å². The molecule has 0 aromatic heterocycles. The summed E-state index contributed by atoms with van der Waals surface area (Å²) in [6.07, 6.45) is 4.72. The van der Waals surface area contributed by atoms with Crippen LogP contribution in [0.2, 0.25) is 0 Å². The van der Waals surface area contributed by atoms with Gasteiger partial charge in [-0.3, -0.25) is 0 Å². The second-order valence-electron chi connectivity index (χ2n) is 6.70. The number of aryl methyl sites for hydroxylation is 1. The zero-order chi connectivity index (χ0) is 21.7. The number of rotatable bonds is 5. The van der Waals surface area contributed by atoms with Crippen LogP contribution in [0.1, 0.15) is 29.5 Å². The van der Waals surface area contributed by atoms with Gasteiger partial charge in [0.15, 0.2) is 17.5 Å². The fraction of sp³-hybridized carbons (Fsp3) is 0.120. The molecule has 0 fully saturated rings. The average Bonchev–Trinajstić information content (AvgIpc) is 2.71. The van der Waals surface area contributed by atoms with Crippen molar-refractivity contribution in [3.8, 4) is 23.0 Å². The molecule has 0 N–H and O–H groups in total. The summed E-state index contributed by atoms with van der Waals surface area (Å²) in [5.41, 5.74) is 0.805. The Labute approximate surface area is 171 Å². The zero-order valence-electron chi connectivity index (χ0n) is 15.9. The number of hydrogen-bond acceptors (Lipinski definition) is 0. The molecule has 5 heteroatoms. The summed E-state index contributed by atoms with van der Waals surface area (Å²) in [5, 5.41) is 0. The molecule has 3 aromatic rings. The van der Waals surface area contributed by atoms with Crippen molar-refractivity contribution in [1.29, 1.82) is 0 Å². The van der Waals surface area contributed by atoms with E-state index in [1.165, 1.54) is 0 Å². The second-order valence-corrected chi connectivity index (χ2v) is 6.70. The number of hydrogen-bond donors (Lipinski definition) is 0. The van der Waals surface area contributed by atoms with Crippen LogP contribution >= 0.6 is 0 Å². The maximum atomic E-state index is 14.4. The molecule has 0 heterocycles. The predicted molar refractivity (Wildman–Crippen MR) is 107 cm³/mol. The van der Waals surface area contributed by atoms with Gasteiger partial charge in [-0.05, 0) is 66.8 Å². The van der Waals surface area contributed by atoms with Crippen molar-refractivity contribution < 1.29 is 22.0 Å². The summed E-state index contributed by atoms with van der Waals surface area (Å²) in [7, 11) is 0. The Balaban J connectivity index is 1.84. The molecular formula is C25H17F5. The molecule has 0 bridgehead atoms. The van der Waals surface area contributed by atoms with Gasteiger partial charge in [0.1, 0.15) is 11.6 Å². The summed E-state index contributed by atoms with van der Waals surface area (Å²) >= 11 is 0. The summed E-state index contributed by atoms with van der Waals surface area (Å²) in [5.74, 6) is -1.36. The average molecular weight is 412 g/mol. The predicted octanol–water partition coefficient (Wildman–Crippen LogP) is 6.96. The monoisotopic (exact) mass is 412 g/mol. The molecule has 0 amide bonds. The van der Waals surface area contributed by atoms with Gasteiger partial charge in [0.25, 0.3) is 0 Å². The Morgan fingerprint density at radius 1 is 0.733 bits per heavy atom. The maximum absolute atomic E-state index is 14.4. The molecule has 152 valence electrons. The molecule has 0 radical (unpaired) electrons. The van der Waals surface area contributed by atoms with Crippen LogP contribution in [0.3, 0.4) is 0 Å². The smallest absolute Gasteiger partial charge is 0.194 e. The molecule has 3 aromatic carbocycles. The van der Waals surface area contributed by atoms with Gasteiger partial charge in [-0.15, -0.1) is 6.58 Å². The van der Waals surface area contributed by atoms with Crippen LogP contribution in [-0.2, 0) is 6.42 Å². The van der Waals surface area contributed by atoms with Gasteiger partial charge in [0, 0.05) is 11.1 Å². The lowest BCUT2D eigenvalue weighted by molar-refractivity contribution is 0.447. The van der Waals surface area contributed by atoms with Gasteiger partial charge in [0.2, 0.25) is 0 Å². The molecule has 3 rings (SSSR count). The first-order chi connectivity index (χ1) is 14.4. The van der Waals surface area contributed by atoms with Crippen LogP contribution in [0, 0.1) is 40.9 Å². The zero-order valence-corrected chi connectivity index (χ0v) is 15.9. The maximum Gasteiger partial charge on any atom is 0.194 e. The van der Waals surface area contributed by atoms with Crippen LogP contribution in [-0.4, -0.2) is 0 Å². The fourth-order valence-electron chi connectivity index (χ4n) is 2.97. The minimum absolute atomic E-state index is 0.0619. The van der Waals surface area contributed by atoms with E-state index in [9.17, 15) is 22.0 Å². The lowest BCUT2D eigenvalue weighted by Crippen LogP contribution is -1.97. The van der Waals surface area contributed by atoms with Gasteiger partial charge in [0.05, 0.1) is 5.56 Å². The van der Waals surface area contributed by atoms with E-state index in [2.05, 4.69) is 18.4 Å². The highest BCUT2D eigenvalue weighted by atomic mass is 19.2. The Bertz CT molecular complexity index is 1090. The number of allylic oxidation sites excluding steroid dienone is 1. The first-order valence-electron chi connectivity index (χ1n) is 9.25. The Morgan fingerprint density at radius 3 is 1.87 bits per heavy atom. The van der Waals surface area contributed by atoms with Crippen LogP contribution in [0.5, 0.6) is 0 Å². The standard InChI is InChI=1S/C25H17F5/c1-2-3-4-5-16-6-8-17(9-7-16)10-11-18-12-20(26)24(21(27)13-18)19-14-22(28)25(30)23(29)15-19/h2,6-9,12-15H,1,3-5H2. The number of halogens is 5. The molecule has 0 aliphatic carbocycles. The van der Waals surface area contributed by atoms with E-state index in [4.69, 9.17) is 0 Å². The van der Waals surface area contributed by atoms with Gasteiger partial charge in [-0.25, -0.2) is 22.0 Å². The van der Waals surface area contributed by atoms with E-state index in [1.54, 1.807) is 0 Å². The largest absolute Gasteiger partial charge is 0.206 e. The Morgan fingerprint density at radius 2 is 1.30 bits per heavy atom. The SMILES string of the molecule is C=CCCCc1ccc(C#Cc2cc(F)c(-c3cc(F)c(F)c(F)c3)c(F)c2)cc1. The topological polar surface area (TPSA) is 0 Å². The third-order valence-electron chi connectivity index (χ3n) is 4.49. The van der Waals surface area contributed by atoms with E-state index in [-0.39, 0.29) is 5.56 Å². The molecule has 0 spiro atoms. The minimum Gasteiger partial charge on any atom is -0.206 e. The summed E-state index contributed by atoms with van der Waals surface area (Å²) in [6.45, 7) is 3.69. The van der Waals surface area contributed by atoms with Gasteiger partial charge in [-0.2, -0.15) is 0 Å². The lowest BCUT2D eigenvalue weighted by atomic mass is 10.0. The van der Waals surface area contributed by atoms with Crippen molar-refractivity contribution in [2.45, 2.75) is 19.3 Å². The van der Waals surface area contributed by atoms with Crippen molar-refractivity contribution in [3.05, 3.63) is 107 Å². The molecule has 0 saturated carbocycles. The summed E-state index contributed by atoms with van der Waals surface area (Å²) in [6, 6.07) is 10.5. The van der Waals surface area contributed by atoms with Gasteiger partial charge in [-0.1, -0.05) is 30.0 Å². The Kier molecular flexibility index (Phi) is 6.68. The number of unbranched alkanes of at least 4 members (excludes halogenated alkanes) is 1. The lowest BCUT2D eigenvalue weighted by Gasteiger charge is -2.07. The highest BCUT2D eigenvalue weighted by Crippen LogP contribution is 2.29. The highest BCUT2D eigenvalue weighted by molar-refractivity contribution is 5.66. The van der Waals surface area contributed by atoms with E-state index >= 15 is 0 Å². The van der Waals surface area contributed by atoms with E-state index in [0.29, 0.717) is 17.7 Å². The molecule has 0 aliphatic heterocycles. The quantitative estimate of drug-likeness (QED) is 0.140. The van der Waals surface area contributed by atoms with Crippen molar-refractivity contribution in [1.82, 2.24) is 0 Å².